The molecule has 0 unspecified atom stereocenters. The Labute approximate surface area is 127 Å². The number of aromatic nitrogens is 2. The molecule has 6 heteroatoms. The number of hydrogen-bond donors (Lipinski definition) is 1. The van der Waals surface area contributed by atoms with Crippen molar-refractivity contribution in [2.45, 2.75) is 32.7 Å². The van der Waals surface area contributed by atoms with Gasteiger partial charge < -0.3 is 5.73 Å². The van der Waals surface area contributed by atoms with E-state index in [1.165, 1.54) is 18.2 Å². The fourth-order valence-corrected chi connectivity index (χ4v) is 2.29. The van der Waals surface area contributed by atoms with E-state index in [0.29, 0.717) is 22.1 Å². The number of nitriles is 1. The summed E-state index contributed by atoms with van der Waals surface area (Å²) in [5, 5.41) is 14.1. The molecule has 0 amide bonds. The summed E-state index contributed by atoms with van der Waals surface area (Å²) in [6, 6.07) is 6.36. The summed E-state index contributed by atoms with van der Waals surface area (Å²) in [7, 11) is 0. The smallest absolute Gasteiger partial charge is 0.140 e. The third-order valence-corrected chi connectivity index (χ3v) is 3.34. The highest BCUT2D eigenvalue weighted by molar-refractivity contribution is 6.30. The molecule has 0 atom stereocenters. The van der Waals surface area contributed by atoms with Gasteiger partial charge in [-0.15, -0.1) is 0 Å². The van der Waals surface area contributed by atoms with E-state index in [0.717, 1.165) is 0 Å². The van der Waals surface area contributed by atoms with Crippen LogP contribution >= 0.6 is 11.6 Å². The molecule has 0 saturated carbocycles. The van der Waals surface area contributed by atoms with Gasteiger partial charge in [-0.05, 0) is 44.5 Å². The van der Waals surface area contributed by atoms with E-state index >= 15 is 0 Å². The van der Waals surface area contributed by atoms with Crippen LogP contribution in [0.15, 0.2) is 18.2 Å². The molecule has 4 nitrogen and oxygen atoms in total. The van der Waals surface area contributed by atoms with Crippen molar-refractivity contribution >= 4 is 17.4 Å². The van der Waals surface area contributed by atoms with Crippen molar-refractivity contribution < 1.29 is 4.39 Å². The lowest BCUT2D eigenvalue weighted by atomic mass is 10.1. The largest absolute Gasteiger partial charge is 0.383 e. The van der Waals surface area contributed by atoms with E-state index in [4.69, 9.17) is 17.3 Å². The van der Waals surface area contributed by atoms with Gasteiger partial charge in [-0.25, -0.2) is 9.07 Å². The van der Waals surface area contributed by atoms with Crippen molar-refractivity contribution in [1.82, 2.24) is 9.78 Å². The number of rotatable bonds is 2. The summed E-state index contributed by atoms with van der Waals surface area (Å²) >= 11 is 5.88. The van der Waals surface area contributed by atoms with Crippen molar-refractivity contribution in [3.63, 3.8) is 0 Å². The van der Waals surface area contributed by atoms with Crippen molar-refractivity contribution in [2.75, 3.05) is 5.73 Å². The van der Waals surface area contributed by atoms with Gasteiger partial charge in [-0.3, -0.25) is 0 Å². The number of anilines is 1. The zero-order chi connectivity index (χ0) is 15.8. The molecule has 1 heterocycles. The molecule has 2 aromatic rings. The first-order valence-corrected chi connectivity index (χ1v) is 6.83. The minimum Gasteiger partial charge on any atom is -0.383 e. The van der Waals surface area contributed by atoms with Crippen LogP contribution in [0.2, 0.25) is 5.02 Å². The SMILES string of the molecule is CC(C)(C)n1nc(Cc2cc(Cl)ccc2F)c(C#N)c1N. The highest BCUT2D eigenvalue weighted by Crippen LogP contribution is 2.26. The molecule has 110 valence electrons. The number of benzene rings is 1. The van der Waals surface area contributed by atoms with Gasteiger partial charge in [0.25, 0.3) is 0 Å². The van der Waals surface area contributed by atoms with Crippen LogP contribution in [0.1, 0.15) is 37.6 Å². The topological polar surface area (TPSA) is 67.6 Å². The minimum atomic E-state index is -0.382. The van der Waals surface area contributed by atoms with Crippen molar-refractivity contribution in [3.8, 4) is 6.07 Å². The third-order valence-electron chi connectivity index (χ3n) is 3.11. The maximum Gasteiger partial charge on any atom is 0.140 e. The van der Waals surface area contributed by atoms with Gasteiger partial charge in [0.1, 0.15) is 23.3 Å². The first-order valence-electron chi connectivity index (χ1n) is 6.46. The lowest BCUT2D eigenvalue weighted by molar-refractivity contribution is 0.359. The average molecular weight is 307 g/mol. The van der Waals surface area contributed by atoms with Crippen LogP contribution in [-0.2, 0) is 12.0 Å². The van der Waals surface area contributed by atoms with Crippen LogP contribution in [0.3, 0.4) is 0 Å². The van der Waals surface area contributed by atoms with Gasteiger partial charge in [-0.1, -0.05) is 11.6 Å². The first-order chi connectivity index (χ1) is 9.74. The van der Waals surface area contributed by atoms with E-state index in [1.54, 1.807) is 4.68 Å². The molecule has 0 radical (unpaired) electrons. The Kier molecular flexibility index (Phi) is 3.93. The van der Waals surface area contributed by atoms with Crippen LogP contribution in [0.5, 0.6) is 0 Å². The molecule has 0 bridgehead atoms. The molecule has 0 saturated heterocycles. The number of halogens is 2. The summed E-state index contributed by atoms with van der Waals surface area (Å²) in [5.41, 5.74) is 6.74. The monoisotopic (exact) mass is 306 g/mol. The predicted molar refractivity (Wildman–Crippen MR) is 80.6 cm³/mol. The summed E-state index contributed by atoms with van der Waals surface area (Å²) in [4.78, 5) is 0. The maximum atomic E-state index is 13.8. The number of hydrogen-bond acceptors (Lipinski definition) is 3. The van der Waals surface area contributed by atoms with Crippen LogP contribution in [-0.4, -0.2) is 9.78 Å². The molecule has 0 spiro atoms. The van der Waals surface area contributed by atoms with E-state index in [2.05, 4.69) is 5.10 Å². The van der Waals surface area contributed by atoms with Gasteiger partial charge >= 0.3 is 0 Å². The quantitative estimate of drug-likeness (QED) is 0.923. The van der Waals surface area contributed by atoms with Gasteiger partial charge in [-0.2, -0.15) is 10.4 Å². The maximum absolute atomic E-state index is 13.8. The van der Waals surface area contributed by atoms with Gasteiger partial charge in [0.05, 0.1) is 11.2 Å². The summed E-state index contributed by atoms with van der Waals surface area (Å²) in [5.74, 6) is -0.0883. The van der Waals surface area contributed by atoms with Crippen LogP contribution in [0.4, 0.5) is 10.2 Å². The number of nitrogen functional groups attached to an aromatic ring is 1. The molecule has 1 aromatic heterocycles. The molecule has 0 aliphatic rings. The Balaban J connectivity index is 2.50. The van der Waals surface area contributed by atoms with Crippen LogP contribution in [0.25, 0.3) is 0 Å². The van der Waals surface area contributed by atoms with Crippen LogP contribution in [0, 0.1) is 17.1 Å². The highest BCUT2D eigenvalue weighted by Gasteiger charge is 2.23. The Morgan fingerprint density at radius 2 is 2.10 bits per heavy atom. The second kappa shape index (κ2) is 5.38. The minimum absolute atomic E-state index is 0.169. The third kappa shape index (κ3) is 3.01. The molecule has 2 N–H and O–H groups in total. The predicted octanol–water partition coefficient (Wildman–Crippen LogP) is 3.48. The summed E-state index contributed by atoms with van der Waals surface area (Å²) in [6.45, 7) is 5.80. The molecule has 21 heavy (non-hydrogen) atoms. The molecule has 0 aliphatic carbocycles. The second-order valence-electron chi connectivity index (χ2n) is 5.81. The lowest BCUT2D eigenvalue weighted by Gasteiger charge is -2.20. The first kappa shape index (κ1) is 15.3. The Morgan fingerprint density at radius 3 is 2.67 bits per heavy atom. The Bertz CT molecular complexity index is 722. The van der Waals surface area contributed by atoms with Crippen LogP contribution < -0.4 is 5.73 Å². The lowest BCUT2D eigenvalue weighted by Crippen LogP contribution is -2.25. The molecule has 0 fully saturated rings. The van der Waals surface area contributed by atoms with Crippen molar-refractivity contribution in [1.29, 1.82) is 5.26 Å². The normalized spacial score (nSPS) is 11.4. The molecule has 1 aromatic carbocycles. The zero-order valence-electron chi connectivity index (χ0n) is 12.1. The Hall–Kier alpha value is -2.06. The standard InChI is InChI=1S/C15H16ClFN4/c1-15(2,3)21-14(19)11(8-18)13(20-21)7-9-6-10(16)4-5-12(9)17/h4-6H,7,19H2,1-3H3. The van der Waals surface area contributed by atoms with Gasteiger partial charge in [0.15, 0.2) is 0 Å². The molecule has 2 rings (SSSR count). The van der Waals surface area contributed by atoms with Crippen molar-refractivity contribution in [2.24, 2.45) is 0 Å². The number of nitrogens with zero attached hydrogens (tertiary/aromatic N) is 3. The van der Waals surface area contributed by atoms with E-state index in [1.807, 2.05) is 26.8 Å². The van der Waals surface area contributed by atoms with Gasteiger partial charge in [0.2, 0.25) is 0 Å². The fraction of sp³-hybridized carbons (Fsp3) is 0.333. The average Bonchev–Trinajstić information content (AvgIpc) is 2.70. The summed E-state index contributed by atoms with van der Waals surface area (Å²) < 4.78 is 15.4. The number of nitrogens with two attached hydrogens (primary N) is 1. The molecular formula is C15H16ClFN4. The fourth-order valence-electron chi connectivity index (χ4n) is 2.09. The molecule has 0 aliphatic heterocycles. The summed E-state index contributed by atoms with van der Waals surface area (Å²) in [6.07, 6.45) is 0.169. The molecular weight excluding hydrogens is 291 g/mol. The zero-order valence-corrected chi connectivity index (χ0v) is 12.9. The van der Waals surface area contributed by atoms with Gasteiger partial charge in [0, 0.05) is 11.4 Å². The highest BCUT2D eigenvalue weighted by atomic mass is 35.5. The van der Waals surface area contributed by atoms with Crippen molar-refractivity contribution in [3.05, 3.63) is 45.9 Å². The Morgan fingerprint density at radius 1 is 1.43 bits per heavy atom. The second-order valence-corrected chi connectivity index (χ2v) is 6.25. The van der Waals surface area contributed by atoms with E-state index in [9.17, 15) is 9.65 Å². The van der Waals surface area contributed by atoms with E-state index in [-0.39, 0.29) is 23.3 Å². The van der Waals surface area contributed by atoms with E-state index < -0.39 is 0 Å².